The lowest BCUT2D eigenvalue weighted by molar-refractivity contribution is -0.140. The van der Waals surface area contributed by atoms with Gasteiger partial charge >= 0.3 is 12.2 Å². The maximum atomic E-state index is 11.8. The number of urea groups is 1. The van der Waals surface area contributed by atoms with Crippen LogP contribution in [0.4, 0.5) is 18.0 Å². The minimum Gasteiger partial charge on any atom is -0.351 e. The van der Waals surface area contributed by atoms with E-state index in [9.17, 15) is 18.0 Å². The first-order valence-corrected chi connectivity index (χ1v) is 3.53. The zero-order chi connectivity index (χ0) is 9.35. The van der Waals surface area contributed by atoms with Crippen molar-refractivity contribution in [3.05, 3.63) is 0 Å². The van der Waals surface area contributed by atoms with E-state index in [0.717, 1.165) is 0 Å². The van der Waals surface area contributed by atoms with Gasteiger partial charge in [-0.2, -0.15) is 13.2 Å². The van der Waals surface area contributed by atoms with Crippen LogP contribution in [0.15, 0.2) is 0 Å². The van der Waals surface area contributed by atoms with Gasteiger partial charge in [0, 0.05) is 6.04 Å². The molecule has 0 aromatic heterocycles. The molecule has 70 valence electrons. The number of nitrogens with two attached hydrogens (primary N) is 1. The second kappa shape index (κ2) is 2.84. The molecule has 0 aromatic carbocycles. The van der Waals surface area contributed by atoms with Crippen molar-refractivity contribution in [3.63, 3.8) is 0 Å². The van der Waals surface area contributed by atoms with E-state index in [1.54, 1.807) is 0 Å². The number of amides is 2. The molecule has 0 aromatic rings. The van der Waals surface area contributed by atoms with Crippen LogP contribution in [0.25, 0.3) is 0 Å². The Morgan fingerprint density at radius 1 is 1.50 bits per heavy atom. The zero-order valence-electron chi connectivity index (χ0n) is 6.27. The Hall–Kier alpha value is -0.940. The maximum absolute atomic E-state index is 11.8. The highest BCUT2D eigenvalue weighted by molar-refractivity contribution is 5.72. The highest BCUT2D eigenvalue weighted by Gasteiger charge is 2.39. The summed E-state index contributed by atoms with van der Waals surface area (Å²) in [5, 5.41) is 0. The standard InChI is InChI=1S/C6H9F3N2O/c7-6(8,9)3-11(5(10)12)4-1-2-4/h4H,1-3H2,(H2,10,12). The van der Waals surface area contributed by atoms with Gasteiger partial charge in [-0.3, -0.25) is 0 Å². The van der Waals surface area contributed by atoms with Gasteiger partial charge in [0.05, 0.1) is 0 Å². The van der Waals surface area contributed by atoms with E-state index in [2.05, 4.69) is 0 Å². The molecule has 2 amide bonds. The molecule has 12 heavy (non-hydrogen) atoms. The summed E-state index contributed by atoms with van der Waals surface area (Å²) in [6, 6.07) is -1.28. The van der Waals surface area contributed by atoms with E-state index in [1.807, 2.05) is 0 Å². The van der Waals surface area contributed by atoms with Crippen molar-refractivity contribution in [1.82, 2.24) is 4.90 Å². The second-order valence-electron chi connectivity index (χ2n) is 2.81. The lowest BCUT2D eigenvalue weighted by Crippen LogP contribution is -2.43. The van der Waals surface area contributed by atoms with Crippen molar-refractivity contribution in [1.29, 1.82) is 0 Å². The molecule has 2 N–H and O–H groups in total. The Kier molecular flexibility index (Phi) is 2.16. The van der Waals surface area contributed by atoms with Crippen LogP contribution in [-0.4, -0.2) is 29.7 Å². The Bertz CT molecular complexity index is 188. The first-order valence-electron chi connectivity index (χ1n) is 3.53. The fourth-order valence-corrected chi connectivity index (χ4v) is 0.966. The maximum Gasteiger partial charge on any atom is 0.406 e. The number of carbonyl (C=O) groups is 1. The van der Waals surface area contributed by atoms with Crippen molar-refractivity contribution in [3.8, 4) is 0 Å². The molecule has 0 atom stereocenters. The summed E-state index contributed by atoms with van der Waals surface area (Å²) in [5.74, 6) is 0. The third kappa shape index (κ3) is 2.60. The third-order valence-corrected chi connectivity index (χ3v) is 1.62. The van der Waals surface area contributed by atoms with Crippen LogP contribution >= 0.6 is 0 Å². The van der Waals surface area contributed by atoms with Gasteiger partial charge in [-0.15, -0.1) is 0 Å². The Labute approximate surface area is 67.3 Å². The molecule has 1 fully saturated rings. The van der Waals surface area contributed by atoms with Crippen molar-refractivity contribution in [2.75, 3.05) is 6.54 Å². The summed E-state index contributed by atoms with van der Waals surface area (Å²) >= 11 is 0. The van der Waals surface area contributed by atoms with Crippen LogP contribution < -0.4 is 5.73 Å². The number of rotatable bonds is 2. The number of hydrogen-bond acceptors (Lipinski definition) is 1. The summed E-state index contributed by atoms with van der Waals surface area (Å²) in [7, 11) is 0. The normalized spacial score (nSPS) is 17.6. The Balaban J connectivity index is 2.49. The van der Waals surface area contributed by atoms with Crippen molar-refractivity contribution in [2.24, 2.45) is 5.73 Å². The lowest BCUT2D eigenvalue weighted by atomic mass is 10.5. The van der Waals surface area contributed by atoms with Gasteiger partial charge < -0.3 is 10.6 Å². The summed E-state index contributed by atoms with van der Waals surface area (Å²) in [5.41, 5.74) is 4.77. The van der Waals surface area contributed by atoms with E-state index in [0.29, 0.717) is 17.7 Å². The van der Waals surface area contributed by atoms with Gasteiger partial charge in [-0.05, 0) is 12.8 Å². The predicted octanol–water partition coefficient (Wildman–Crippen LogP) is 1.09. The van der Waals surface area contributed by atoms with Gasteiger partial charge in [0.1, 0.15) is 6.54 Å². The van der Waals surface area contributed by atoms with Crippen molar-refractivity contribution < 1.29 is 18.0 Å². The number of hydrogen-bond donors (Lipinski definition) is 1. The Morgan fingerprint density at radius 3 is 2.25 bits per heavy atom. The molecule has 1 saturated carbocycles. The summed E-state index contributed by atoms with van der Waals surface area (Å²) in [4.78, 5) is 11.2. The highest BCUT2D eigenvalue weighted by Crippen LogP contribution is 2.29. The van der Waals surface area contributed by atoms with Crippen molar-refractivity contribution in [2.45, 2.75) is 25.1 Å². The number of alkyl halides is 3. The van der Waals surface area contributed by atoms with Crippen LogP contribution in [0, 0.1) is 0 Å². The molecule has 0 aliphatic heterocycles. The third-order valence-electron chi connectivity index (χ3n) is 1.62. The molecular weight excluding hydrogens is 173 g/mol. The predicted molar refractivity (Wildman–Crippen MR) is 35.4 cm³/mol. The smallest absolute Gasteiger partial charge is 0.351 e. The summed E-state index contributed by atoms with van der Waals surface area (Å²) in [6.07, 6.45) is -3.10. The average molecular weight is 182 g/mol. The molecule has 3 nitrogen and oxygen atoms in total. The quantitative estimate of drug-likeness (QED) is 0.682. The molecule has 1 aliphatic rings. The minimum atomic E-state index is -4.35. The molecule has 0 saturated heterocycles. The van der Waals surface area contributed by atoms with Gasteiger partial charge in [-0.25, -0.2) is 4.79 Å². The van der Waals surface area contributed by atoms with E-state index in [4.69, 9.17) is 5.73 Å². The van der Waals surface area contributed by atoms with Gasteiger partial charge in [0.25, 0.3) is 0 Å². The van der Waals surface area contributed by atoms with Gasteiger partial charge in [-0.1, -0.05) is 0 Å². The SMILES string of the molecule is NC(=O)N(CC(F)(F)F)C1CC1. The van der Waals surface area contributed by atoms with E-state index < -0.39 is 18.8 Å². The van der Waals surface area contributed by atoms with Crippen LogP contribution in [0.2, 0.25) is 0 Å². The van der Waals surface area contributed by atoms with Gasteiger partial charge in [0.15, 0.2) is 0 Å². The fraction of sp³-hybridized carbons (Fsp3) is 0.833. The van der Waals surface area contributed by atoms with E-state index >= 15 is 0 Å². The molecule has 0 spiro atoms. The van der Waals surface area contributed by atoms with Gasteiger partial charge in [0.2, 0.25) is 0 Å². The van der Waals surface area contributed by atoms with Crippen LogP contribution in [-0.2, 0) is 0 Å². The Morgan fingerprint density at radius 2 is 2.00 bits per heavy atom. The minimum absolute atomic E-state index is 0.288. The average Bonchev–Trinajstić information content (AvgIpc) is 2.61. The monoisotopic (exact) mass is 182 g/mol. The number of halogens is 3. The summed E-state index contributed by atoms with van der Waals surface area (Å²) < 4.78 is 35.4. The molecule has 1 aliphatic carbocycles. The molecule has 0 radical (unpaired) electrons. The van der Waals surface area contributed by atoms with Crippen LogP contribution in [0.3, 0.4) is 0 Å². The molecular formula is C6H9F3N2O. The number of carbonyl (C=O) groups excluding carboxylic acids is 1. The number of primary amides is 1. The summed E-state index contributed by atoms with van der Waals surface area (Å²) in [6.45, 7) is -1.23. The first kappa shape index (κ1) is 9.15. The molecule has 1 rings (SSSR count). The highest BCUT2D eigenvalue weighted by atomic mass is 19.4. The second-order valence-corrected chi connectivity index (χ2v) is 2.81. The van der Waals surface area contributed by atoms with Crippen molar-refractivity contribution >= 4 is 6.03 Å². The molecule has 0 heterocycles. The van der Waals surface area contributed by atoms with Crippen LogP contribution in [0.1, 0.15) is 12.8 Å². The topological polar surface area (TPSA) is 46.3 Å². The first-order chi connectivity index (χ1) is 5.40. The fourth-order valence-electron chi connectivity index (χ4n) is 0.966. The largest absolute Gasteiger partial charge is 0.406 e. The molecule has 0 bridgehead atoms. The van der Waals surface area contributed by atoms with E-state index in [-0.39, 0.29) is 6.04 Å². The molecule has 0 unspecified atom stereocenters. The van der Waals surface area contributed by atoms with Crippen LogP contribution in [0.5, 0.6) is 0 Å². The lowest BCUT2D eigenvalue weighted by Gasteiger charge is -2.20. The zero-order valence-corrected chi connectivity index (χ0v) is 6.27. The van der Waals surface area contributed by atoms with E-state index in [1.165, 1.54) is 0 Å². The number of nitrogens with zero attached hydrogens (tertiary/aromatic N) is 1. The molecule has 6 heteroatoms.